The minimum absolute atomic E-state index is 0.0257. The molecule has 0 aliphatic carbocycles. The number of nitrogens with one attached hydrogen (secondary N) is 1. The van der Waals surface area contributed by atoms with Gasteiger partial charge in [0.1, 0.15) is 17.5 Å². The topological polar surface area (TPSA) is 149 Å². The number of nitrogen functional groups attached to an aromatic ring is 1. The lowest BCUT2D eigenvalue weighted by atomic mass is 10.1. The molecule has 5 rings (SSSR count). The van der Waals surface area contributed by atoms with E-state index in [1.165, 1.54) is 4.90 Å². The third-order valence-electron chi connectivity index (χ3n) is 6.65. The highest BCUT2D eigenvalue weighted by atomic mass is 16.4. The number of pyridine rings is 1. The lowest BCUT2D eigenvalue weighted by Crippen LogP contribution is -2.48. The summed E-state index contributed by atoms with van der Waals surface area (Å²) in [6, 6.07) is 6.01. The lowest BCUT2D eigenvalue weighted by Gasteiger charge is -2.35. The second-order valence-corrected chi connectivity index (χ2v) is 8.72. The second kappa shape index (κ2) is 7.51. The molecule has 1 amide bonds. The summed E-state index contributed by atoms with van der Waals surface area (Å²) in [5.74, 6) is 0.467. The van der Waals surface area contributed by atoms with Crippen molar-refractivity contribution >= 4 is 34.6 Å². The van der Waals surface area contributed by atoms with E-state index >= 15 is 0 Å². The third-order valence-corrected chi connectivity index (χ3v) is 6.65. The number of aryl methyl sites for hydroxylation is 2. The molecule has 2 fully saturated rings. The number of piperazine rings is 1. The fourth-order valence-corrected chi connectivity index (χ4v) is 5.04. The van der Waals surface area contributed by atoms with Gasteiger partial charge in [-0.25, -0.2) is 14.8 Å². The van der Waals surface area contributed by atoms with E-state index in [4.69, 9.17) is 10.7 Å². The molecule has 3 aromatic heterocycles. The van der Waals surface area contributed by atoms with Gasteiger partial charge in [0.25, 0.3) is 0 Å². The van der Waals surface area contributed by atoms with Gasteiger partial charge >= 0.3 is 6.09 Å². The number of aromatic nitrogens is 4. The lowest BCUT2D eigenvalue weighted by molar-refractivity contribution is 0.137. The first-order chi connectivity index (χ1) is 15.8. The van der Waals surface area contributed by atoms with E-state index in [1.807, 2.05) is 30.8 Å². The SMILES string of the molecule is Cc1nc(N)nc(N[C@@H](C)c2nc3ccn(C)c3cc2N2C[C@@H]3C[C@H]2CN3C(=O)O)c1C#N. The first-order valence-corrected chi connectivity index (χ1v) is 10.8. The Kier molecular flexibility index (Phi) is 4.74. The molecule has 0 spiro atoms. The maximum atomic E-state index is 11.5. The molecule has 0 radical (unpaired) electrons. The first kappa shape index (κ1) is 20.8. The van der Waals surface area contributed by atoms with Crippen LogP contribution in [0, 0.1) is 18.3 Å². The van der Waals surface area contributed by atoms with E-state index in [2.05, 4.69) is 32.3 Å². The number of hydrogen-bond donors (Lipinski definition) is 3. The average molecular weight is 448 g/mol. The molecule has 3 atom stereocenters. The van der Waals surface area contributed by atoms with E-state index in [0.717, 1.165) is 28.8 Å². The van der Waals surface area contributed by atoms with Crippen molar-refractivity contribution in [3.8, 4) is 6.07 Å². The van der Waals surface area contributed by atoms with E-state index in [-0.39, 0.29) is 24.1 Å². The van der Waals surface area contributed by atoms with Gasteiger partial charge < -0.3 is 30.5 Å². The van der Waals surface area contributed by atoms with Crippen LogP contribution in [-0.4, -0.2) is 60.8 Å². The molecule has 4 N–H and O–H groups in total. The molecule has 11 heteroatoms. The molecule has 0 aromatic carbocycles. The molecule has 2 aliphatic heterocycles. The van der Waals surface area contributed by atoms with Crippen molar-refractivity contribution in [3.05, 3.63) is 35.3 Å². The average Bonchev–Trinajstić information content (AvgIpc) is 3.47. The fourth-order valence-electron chi connectivity index (χ4n) is 5.04. The van der Waals surface area contributed by atoms with E-state index in [9.17, 15) is 15.2 Å². The number of amides is 1. The minimum Gasteiger partial charge on any atom is -0.465 e. The molecule has 11 nitrogen and oxygen atoms in total. The molecule has 33 heavy (non-hydrogen) atoms. The Bertz CT molecular complexity index is 1310. The number of nitriles is 1. The molecule has 0 saturated carbocycles. The maximum Gasteiger partial charge on any atom is 0.407 e. The van der Waals surface area contributed by atoms with Crippen molar-refractivity contribution < 1.29 is 9.90 Å². The molecule has 0 unspecified atom stereocenters. The summed E-state index contributed by atoms with van der Waals surface area (Å²) in [6.07, 6.45) is 1.90. The van der Waals surface area contributed by atoms with Gasteiger partial charge in [0.2, 0.25) is 5.95 Å². The standard InChI is InChI=1S/C22H25N9O2/c1-11-15(8-23)20(28-21(24)26-11)25-12(2)19-18(7-17-16(27-19)4-5-29(17)3)30-9-14-6-13(30)10-31(14)22(32)33/h4-5,7,12-14H,6,9-10H2,1-3H3,(H,32,33)(H3,24,25,26,28)/t12-,13-,14-/m0/s1. The number of fused-ring (bicyclic) bond motifs is 3. The van der Waals surface area contributed by atoms with Crippen LogP contribution in [0.3, 0.4) is 0 Å². The number of nitrogens with zero attached hydrogens (tertiary/aromatic N) is 7. The Labute approximate surface area is 190 Å². The van der Waals surface area contributed by atoms with Gasteiger partial charge in [0, 0.05) is 32.4 Å². The minimum atomic E-state index is -0.867. The summed E-state index contributed by atoms with van der Waals surface area (Å²) in [7, 11) is 1.98. The van der Waals surface area contributed by atoms with Crippen LogP contribution < -0.4 is 16.0 Å². The number of anilines is 3. The van der Waals surface area contributed by atoms with E-state index in [1.54, 1.807) is 6.92 Å². The Morgan fingerprint density at radius 2 is 2.12 bits per heavy atom. The summed E-state index contributed by atoms with van der Waals surface area (Å²) in [5.41, 5.74) is 10.3. The van der Waals surface area contributed by atoms with Gasteiger partial charge in [-0.3, -0.25) is 0 Å². The highest BCUT2D eigenvalue weighted by Crippen LogP contribution is 2.39. The normalized spacial score (nSPS) is 20.3. The Morgan fingerprint density at radius 1 is 1.33 bits per heavy atom. The highest BCUT2D eigenvalue weighted by Gasteiger charge is 2.46. The molecule has 2 aliphatic rings. The summed E-state index contributed by atoms with van der Waals surface area (Å²) in [5, 5.41) is 22.4. The predicted octanol–water partition coefficient (Wildman–Crippen LogP) is 2.24. The van der Waals surface area contributed by atoms with Crippen LogP contribution in [0.25, 0.3) is 11.0 Å². The largest absolute Gasteiger partial charge is 0.465 e. The smallest absolute Gasteiger partial charge is 0.407 e. The molecular weight excluding hydrogens is 422 g/mol. The summed E-state index contributed by atoms with van der Waals surface area (Å²) < 4.78 is 2.02. The van der Waals surface area contributed by atoms with Crippen LogP contribution in [0.5, 0.6) is 0 Å². The van der Waals surface area contributed by atoms with Crippen molar-refractivity contribution in [1.29, 1.82) is 5.26 Å². The number of likely N-dealkylation sites (tertiary alicyclic amines) is 1. The van der Waals surface area contributed by atoms with Gasteiger partial charge in [0.05, 0.1) is 40.2 Å². The zero-order valence-corrected chi connectivity index (χ0v) is 18.6. The summed E-state index contributed by atoms with van der Waals surface area (Å²) >= 11 is 0. The molecular formula is C22H25N9O2. The van der Waals surface area contributed by atoms with Crippen LogP contribution in [0.15, 0.2) is 18.3 Å². The van der Waals surface area contributed by atoms with E-state index in [0.29, 0.717) is 30.2 Å². The third kappa shape index (κ3) is 3.34. The van der Waals surface area contributed by atoms with Gasteiger partial charge in [0.15, 0.2) is 0 Å². The Morgan fingerprint density at radius 3 is 2.79 bits per heavy atom. The summed E-state index contributed by atoms with van der Waals surface area (Å²) in [4.78, 5) is 28.6. The Hall–Kier alpha value is -4.07. The van der Waals surface area contributed by atoms with Crippen LogP contribution in [0.1, 0.15) is 36.3 Å². The van der Waals surface area contributed by atoms with Crippen LogP contribution in [-0.2, 0) is 7.05 Å². The molecule has 5 heterocycles. The Balaban J connectivity index is 1.55. The van der Waals surface area contributed by atoms with Crippen molar-refractivity contribution in [2.45, 2.75) is 38.4 Å². The molecule has 170 valence electrons. The first-order valence-electron chi connectivity index (χ1n) is 10.8. The van der Waals surface area contributed by atoms with Crippen LogP contribution in [0.4, 0.5) is 22.2 Å². The van der Waals surface area contributed by atoms with Crippen LogP contribution in [0.2, 0.25) is 0 Å². The number of carbonyl (C=O) groups is 1. The highest BCUT2D eigenvalue weighted by molar-refractivity contribution is 5.82. The predicted molar refractivity (Wildman–Crippen MR) is 123 cm³/mol. The number of rotatable bonds is 4. The van der Waals surface area contributed by atoms with Crippen molar-refractivity contribution in [2.75, 3.05) is 29.0 Å². The summed E-state index contributed by atoms with van der Waals surface area (Å²) in [6.45, 7) is 4.79. The quantitative estimate of drug-likeness (QED) is 0.547. The number of nitrogens with two attached hydrogens (primary N) is 1. The van der Waals surface area contributed by atoms with E-state index < -0.39 is 6.09 Å². The number of carboxylic acid groups (broad SMARTS) is 1. The maximum absolute atomic E-state index is 11.5. The van der Waals surface area contributed by atoms with Crippen molar-refractivity contribution in [1.82, 2.24) is 24.4 Å². The second-order valence-electron chi connectivity index (χ2n) is 8.72. The molecule has 3 aromatic rings. The zero-order chi connectivity index (χ0) is 23.4. The van der Waals surface area contributed by atoms with Gasteiger partial charge in [-0.1, -0.05) is 0 Å². The fraction of sp³-hybridized carbons (Fsp3) is 0.409. The number of hydrogen-bond acceptors (Lipinski definition) is 8. The molecule has 2 bridgehead atoms. The van der Waals surface area contributed by atoms with Gasteiger partial charge in [-0.2, -0.15) is 10.2 Å². The van der Waals surface area contributed by atoms with Gasteiger partial charge in [-0.15, -0.1) is 0 Å². The van der Waals surface area contributed by atoms with Gasteiger partial charge in [-0.05, 0) is 32.4 Å². The van der Waals surface area contributed by atoms with Crippen LogP contribution >= 0.6 is 0 Å². The van der Waals surface area contributed by atoms with Crippen molar-refractivity contribution in [3.63, 3.8) is 0 Å². The van der Waals surface area contributed by atoms with Crippen molar-refractivity contribution in [2.24, 2.45) is 7.05 Å². The zero-order valence-electron chi connectivity index (χ0n) is 18.6. The monoisotopic (exact) mass is 447 g/mol. The molecule has 2 saturated heterocycles.